The summed E-state index contributed by atoms with van der Waals surface area (Å²) in [6.45, 7) is 0. The van der Waals surface area contributed by atoms with Crippen LogP contribution < -0.4 is 16.2 Å². The van der Waals surface area contributed by atoms with Crippen molar-refractivity contribution in [1.29, 1.82) is 5.26 Å². The summed E-state index contributed by atoms with van der Waals surface area (Å²) < 4.78 is 5.50. The largest absolute Gasteiger partial charge is 0.422 e. The number of nitriles is 1. The van der Waals surface area contributed by atoms with Crippen molar-refractivity contribution in [3.8, 4) is 11.9 Å². The number of benzene rings is 1. The number of fused-ring (bicyclic) bond motifs is 1. The van der Waals surface area contributed by atoms with Crippen LogP contribution in [0.2, 0.25) is 5.02 Å². The molecule has 1 atom stereocenters. The minimum absolute atomic E-state index is 0.00938. The third kappa shape index (κ3) is 2.67. The van der Waals surface area contributed by atoms with Gasteiger partial charge in [0.1, 0.15) is 17.5 Å². The lowest BCUT2D eigenvalue weighted by Crippen LogP contribution is -2.23. The van der Waals surface area contributed by atoms with Gasteiger partial charge in [0.2, 0.25) is 11.8 Å². The minimum Gasteiger partial charge on any atom is -0.422 e. The number of thioether (sulfide) groups is 1. The van der Waals surface area contributed by atoms with E-state index in [9.17, 15) is 5.26 Å². The molecule has 4 N–H and O–H groups in total. The maximum absolute atomic E-state index is 9.49. The number of anilines is 1. The van der Waals surface area contributed by atoms with Crippen LogP contribution in [0.5, 0.6) is 5.88 Å². The highest BCUT2D eigenvalue weighted by molar-refractivity contribution is 7.98. The highest BCUT2D eigenvalue weighted by Gasteiger charge is 2.34. The number of nitrogens with zero attached hydrogens (tertiary/aromatic N) is 3. The van der Waals surface area contributed by atoms with Gasteiger partial charge in [0.15, 0.2) is 5.16 Å². The molecule has 0 saturated heterocycles. The van der Waals surface area contributed by atoms with Crippen molar-refractivity contribution in [3.63, 3.8) is 0 Å². The third-order valence-corrected chi connectivity index (χ3v) is 4.24. The van der Waals surface area contributed by atoms with Crippen LogP contribution in [0.4, 0.5) is 5.82 Å². The van der Waals surface area contributed by atoms with E-state index in [1.54, 1.807) is 18.2 Å². The van der Waals surface area contributed by atoms with Gasteiger partial charge >= 0.3 is 0 Å². The summed E-state index contributed by atoms with van der Waals surface area (Å²) in [4.78, 5) is 8.54. The first-order chi connectivity index (χ1) is 11.0. The molecule has 0 radical (unpaired) electrons. The number of aromatic nitrogens is 2. The Morgan fingerprint density at radius 3 is 2.78 bits per heavy atom. The number of hydrogen-bond acceptors (Lipinski definition) is 7. The van der Waals surface area contributed by atoms with Crippen LogP contribution in [-0.2, 0) is 0 Å². The predicted molar refractivity (Wildman–Crippen MR) is 89.0 cm³/mol. The zero-order chi connectivity index (χ0) is 16.6. The molecule has 0 bridgehead atoms. The summed E-state index contributed by atoms with van der Waals surface area (Å²) in [6.07, 6.45) is 1.83. The number of halogens is 1. The topological polar surface area (TPSA) is 111 Å². The van der Waals surface area contributed by atoms with Crippen molar-refractivity contribution in [2.75, 3.05) is 12.0 Å². The Bertz CT molecular complexity index is 861. The van der Waals surface area contributed by atoms with E-state index in [2.05, 4.69) is 16.0 Å². The first-order valence-electron chi connectivity index (χ1n) is 6.59. The van der Waals surface area contributed by atoms with Gasteiger partial charge < -0.3 is 16.2 Å². The molecule has 1 aromatic carbocycles. The zero-order valence-corrected chi connectivity index (χ0v) is 13.6. The lowest BCUT2D eigenvalue weighted by atomic mass is 9.85. The normalized spacial score (nSPS) is 16.5. The van der Waals surface area contributed by atoms with Crippen molar-refractivity contribution in [2.45, 2.75) is 11.1 Å². The number of hydrogen-bond donors (Lipinski definition) is 2. The van der Waals surface area contributed by atoms with Crippen LogP contribution in [0.1, 0.15) is 17.0 Å². The smallest absolute Gasteiger partial charge is 0.231 e. The summed E-state index contributed by atoms with van der Waals surface area (Å²) >= 11 is 7.42. The van der Waals surface area contributed by atoms with Crippen molar-refractivity contribution in [3.05, 3.63) is 51.9 Å². The first kappa shape index (κ1) is 15.5. The lowest BCUT2D eigenvalue weighted by Gasteiger charge is -2.26. The molecule has 0 aliphatic carbocycles. The molecule has 3 rings (SSSR count). The second-order valence-corrected chi connectivity index (χ2v) is 6.00. The summed E-state index contributed by atoms with van der Waals surface area (Å²) in [5.74, 6) is 0.0152. The Labute approximate surface area is 142 Å². The number of nitrogen functional groups attached to an aromatic ring is 1. The van der Waals surface area contributed by atoms with Gasteiger partial charge in [-0.15, -0.1) is 0 Å². The van der Waals surface area contributed by atoms with Crippen LogP contribution >= 0.6 is 23.4 Å². The van der Waals surface area contributed by atoms with Gasteiger partial charge in [-0.1, -0.05) is 35.5 Å². The molecule has 0 amide bonds. The molecule has 0 spiro atoms. The maximum Gasteiger partial charge on any atom is 0.231 e. The van der Waals surface area contributed by atoms with Crippen LogP contribution in [0, 0.1) is 11.3 Å². The zero-order valence-electron chi connectivity index (χ0n) is 12.1. The molecular formula is C15H12ClN5OS. The van der Waals surface area contributed by atoms with Crippen molar-refractivity contribution in [1.82, 2.24) is 9.97 Å². The molecule has 0 unspecified atom stereocenters. The van der Waals surface area contributed by atoms with Crippen LogP contribution in [0.15, 0.2) is 40.9 Å². The number of rotatable bonds is 2. The molecular weight excluding hydrogens is 334 g/mol. The van der Waals surface area contributed by atoms with Gasteiger partial charge in [0.05, 0.1) is 11.5 Å². The molecule has 116 valence electrons. The second kappa shape index (κ2) is 5.99. The summed E-state index contributed by atoms with van der Waals surface area (Å²) in [6, 6.07) is 9.24. The summed E-state index contributed by atoms with van der Waals surface area (Å²) in [5, 5.41) is 10.5. The molecule has 0 fully saturated rings. The van der Waals surface area contributed by atoms with E-state index >= 15 is 0 Å². The number of ether oxygens (including phenoxy) is 1. The van der Waals surface area contributed by atoms with E-state index in [1.165, 1.54) is 11.8 Å². The van der Waals surface area contributed by atoms with Crippen LogP contribution in [-0.4, -0.2) is 16.2 Å². The van der Waals surface area contributed by atoms with E-state index in [4.69, 9.17) is 27.8 Å². The molecule has 2 heterocycles. The number of allylic oxidation sites excluding steroid dienone is 1. The molecule has 23 heavy (non-hydrogen) atoms. The maximum atomic E-state index is 9.49. The highest BCUT2D eigenvalue weighted by atomic mass is 35.5. The second-order valence-electron chi connectivity index (χ2n) is 4.79. The average Bonchev–Trinajstić information content (AvgIpc) is 2.53. The van der Waals surface area contributed by atoms with Crippen molar-refractivity contribution >= 4 is 29.2 Å². The van der Waals surface area contributed by atoms with E-state index < -0.39 is 5.92 Å². The summed E-state index contributed by atoms with van der Waals surface area (Å²) in [5.41, 5.74) is 13.6. The highest BCUT2D eigenvalue weighted by Crippen LogP contribution is 2.44. The molecule has 1 aromatic heterocycles. The average molecular weight is 346 g/mol. The lowest BCUT2D eigenvalue weighted by molar-refractivity contribution is 0.373. The minimum atomic E-state index is -0.515. The fraction of sp³-hybridized carbons (Fsp3) is 0.133. The van der Waals surface area contributed by atoms with Gasteiger partial charge in [-0.2, -0.15) is 10.2 Å². The van der Waals surface area contributed by atoms with Crippen molar-refractivity contribution < 1.29 is 4.74 Å². The van der Waals surface area contributed by atoms with Crippen molar-refractivity contribution in [2.24, 2.45) is 5.73 Å². The Kier molecular flexibility index (Phi) is 4.03. The fourth-order valence-electron chi connectivity index (χ4n) is 2.47. The van der Waals surface area contributed by atoms with Gasteiger partial charge in [0, 0.05) is 5.02 Å². The van der Waals surface area contributed by atoms with E-state index in [0.717, 1.165) is 5.56 Å². The van der Waals surface area contributed by atoms with Gasteiger partial charge in [-0.3, -0.25) is 0 Å². The molecule has 2 aromatic rings. The van der Waals surface area contributed by atoms with E-state index in [0.29, 0.717) is 15.7 Å². The molecule has 8 heteroatoms. The Morgan fingerprint density at radius 1 is 1.35 bits per heavy atom. The standard InChI is InChI=1S/C15H12ClN5OS/c1-23-15-20-12(18)11-10(7-3-2-4-8(16)5-7)9(6-17)13(19)22-14(11)21-15/h2-5,10H,19H2,1H3,(H2,18,20,21)/t10-/m0/s1. The van der Waals surface area contributed by atoms with Gasteiger partial charge in [-0.25, -0.2) is 4.98 Å². The Balaban J connectivity index is 2.27. The van der Waals surface area contributed by atoms with E-state index in [-0.39, 0.29) is 23.2 Å². The van der Waals surface area contributed by atoms with Crippen LogP contribution in [0.3, 0.4) is 0 Å². The molecule has 0 saturated carbocycles. The van der Waals surface area contributed by atoms with Gasteiger partial charge in [0.25, 0.3) is 0 Å². The molecule has 1 aliphatic heterocycles. The van der Waals surface area contributed by atoms with Gasteiger partial charge in [-0.05, 0) is 24.0 Å². The third-order valence-electron chi connectivity index (χ3n) is 3.45. The summed E-state index contributed by atoms with van der Waals surface area (Å²) in [7, 11) is 0. The monoisotopic (exact) mass is 345 g/mol. The predicted octanol–water partition coefficient (Wildman–Crippen LogP) is 2.65. The Morgan fingerprint density at radius 2 is 2.13 bits per heavy atom. The van der Waals surface area contributed by atoms with E-state index in [1.807, 2.05) is 12.3 Å². The SMILES string of the molecule is CSc1nc(N)c2c(n1)OC(N)=C(C#N)[C@@H]2c1cccc(Cl)c1. The number of nitrogens with two attached hydrogens (primary N) is 2. The van der Waals surface area contributed by atoms with Crippen LogP contribution in [0.25, 0.3) is 0 Å². The molecule has 1 aliphatic rings. The quantitative estimate of drug-likeness (QED) is 0.635. The first-order valence-corrected chi connectivity index (χ1v) is 8.20. The molecule has 6 nitrogen and oxygen atoms in total. The Hall–Kier alpha value is -2.43. The fourth-order valence-corrected chi connectivity index (χ4v) is 3.03.